The minimum absolute atomic E-state index is 0.153. The lowest BCUT2D eigenvalue weighted by atomic mass is 9.82. The van der Waals surface area contributed by atoms with Gasteiger partial charge in [0.1, 0.15) is 5.69 Å². The van der Waals surface area contributed by atoms with E-state index in [2.05, 4.69) is 237 Å². The van der Waals surface area contributed by atoms with Crippen LogP contribution in [0.25, 0.3) is 72.2 Å². The highest BCUT2D eigenvalue weighted by Crippen LogP contribution is 2.58. The van der Waals surface area contributed by atoms with E-state index in [1.807, 2.05) is 0 Å². The third-order valence-electron chi connectivity index (χ3n) is 13.8. The van der Waals surface area contributed by atoms with Gasteiger partial charge in [-0.1, -0.05) is 198 Å². The normalized spacial score (nSPS) is 14.1. The average Bonchev–Trinajstić information content (AvgIpc) is 3.91. The maximum Gasteiger partial charge on any atom is 0.101 e. The quantitative estimate of drug-likeness (QED) is 0.167. The van der Waals surface area contributed by atoms with Crippen LogP contribution in [0.4, 0.5) is 17.1 Å². The van der Waals surface area contributed by atoms with Gasteiger partial charge in [0.2, 0.25) is 0 Å². The molecule has 62 heavy (non-hydrogen) atoms. The Kier molecular flexibility index (Phi) is 7.92. The SMILES string of the molecule is CC1(C)c2ccccc2-c2c(N(c3ccc4cc(-c5ccccc5)n5nc(-c6ccccc6)c(-c6ccccc6)c5c4c3)c3cccc4c3-c3ccccc3C4(C)C)cccc21. The number of rotatable bonds is 6. The molecule has 0 spiro atoms. The van der Waals surface area contributed by atoms with Crippen molar-refractivity contribution in [3.63, 3.8) is 0 Å². The summed E-state index contributed by atoms with van der Waals surface area (Å²) in [6.07, 6.45) is 0. The first-order chi connectivity index (χ1) is 30.3. The number of hydrogen-bond donors (Lipinski definition) is 0. The first kappa shape index (κ1) is 36.4. The van der Waals surface area contributed by atoms with Crippen LogP contribution in [-0.4, -0.2) is 9.61 Å². The fourth-order valence-electron chi connectivity index (χ4n) is 10.8. The molecule has 2 aromatic heterocycles. The highest BCUT2D eigenvalue weighted by atomic mass is 15.2. The number of anilines is 3. The minimum Gasteiger partial charge on any atom is -0.309 e. The summed E-state index contributed by atoms with van der Waals surface area (Å²) in [6, 6.07) is 73.4. The second kappa shape index (κ2) is 13.5. The summed E-state index contributed by atoms with van der Waals surface area (Å²) in [5, 5.41) is 7.86. The van der Waals surface area contributed by atoms with Crippen LogP contribution in [0.5, 0.6) is 0 Å². The van der Waals surface area contributed by atoms with Gasteiger partial charge in [-0.15, -0.1) is 0 Å². The average molecular weight is 796 g/mol. The van der Waals surface area contributed by atoms with Crippen molar-refractivity contribution in [2.75, 3.05) is 4.90 Å². The second-order valence-electron chi connectivity index (χ2n) is 18.0. The zero-order valence-corrected chi connectivity index (χ0v) is 35.4. The molecule has 0 fully saturated rings. The molecular formula is C59H45N3. The second-order valence-corrected chi connectivity index (χ2v) is 18.0. The van der Waals surface area contributed by atoms with Gasteiger partial charge in [0.25, 0.3) is 0 Å². The van der Waals surface area contributed by atoms with Crippen molar-refractivity contribution >= 4 is 33.4 Å². The molecule has 0 bridgehead atoms. The van der Waals surface area contributed by atoms with Gasteiger partial charge in [-0.3, -0.25) is 0 Å². The Morgan fingerprint density at radius 3 is 1.47 bits per heavy atom. The lowest BCUT2D eigenvalue weighted by molar-refractivity contribution is 0.660. The minimum atomic E-state index is -0.153. The molecule has 0 amide bonds. The number of pyridine rings is 1. The standard InChI is InChI=1S/C59H45N3/c1-58(2)46-28-16-14-26-43(46)54-48(58)30-18-32-50(54)61(51-33-19-31-49-55(51)44-27-15-17-29-47(44)59(49,3)4)42-35-34-41-36-52(38-20-8-5-9-21-38)62-57(45(41)37-42)53(39-22-10-6-11-23-39)56(60-62)40-24-12-7-13-25-40/h5-37H,1-4H3. The van der Waals surface area contributed by atoms with Crippen LogP contribution in [0.2, 0.25) is 0 Å². The molecule has 3 heteroatoms. The highest BCUT2D eigenvalue weighted by molar-refractivity contribution is 6.11. The Balaban J connectivity index is 1.21. The van der Waals surface area contributed by atoms with E-state index in [4.69, 9.17) is 5.10 Å². The fourth-order valence-corrected chi connectivity index (χ4v) is 10.8. The lowest BCUT2D eigenvalue weighted by Gasteiger charge is -2.31. The zero-order chi connectivity index (χ0) is 41.7. The molecule has 3 nitrogen and oxygen atoms in total. The maximum atomic E-state index is 5.56. The predicted molar refractivity (Wildman–Crippen MR) is 259 cm³/mol. The molecule has 2 aliphatic carbocycles. The molecular weight excluding hydrogens is 751 g/mol. The molecule has 8 aromatic carbocycles. The fraction of sp³-hybridized carbons (Fsp3) is 0.102. The Morgan fingerprint density at radius 2 is 0.903 bits per heavy atom. The van der Waals surface area contributed by atoms with E-state index in [0.717, 1.165) is 55.6 Å². The molecule has 2 aliphatic rings. The van der Waals surface area contributed by atoms with Crippen LogP contribution in [0.1, 0.15) is 49.9 Å². The van der Waals surface area contributed by atoms with Gasteiger partial charge >= 0.3 is 0 Å². The number of benzene rings is 8. The number of hydrogen-bond acceptors (Lipinski definition) is 2. The Labute approximate surface area is 363 Å². The first-order valence-electron chi connectivity index (χ1n) is 21.7. The topological polar surface area (TPSA) is 20.5 Å². The van der Waals surface area contributed by atoms with E-state index in [-0.39, 0.29) is 10.8 Å². The van der Waals surface area contributed by atoms with Crippen LogP contribution in [0.15, 0.2) is 200 Å². The molecule has 12 rings (SSSR count). The van der Waals surface area contributed by atoms with Crippen LogP contribution < -0.4 is 4.90 Å². The Morgan fingerprint density at radius 1 is 0.419 bits per heavy atom. The molecule has 0 N–H and O–H groups in total. The molecule has 2 heterocycles. The monoisotopic (exact) mass is 795 g/mol. The molecule has 0 atom stereocenters. The van der Waals surface area contributed by atoms with Crippen LogP contribution in [0.3, 0.4) is 0 Å². The van der Waals surface area contributed by atoms with Crippen molar-refractivity contribution < 1.29 is 0 Å². The Bertz CT molecular complexity index is 3290. The molecule has 0 unspecified atom stereocenters. The third-order valence-corrected chi connectivity index (χ3v) is 13.8. The van der Waals surface area contributed by atoms with E-state index < -0.39 is 0 Å². The molecule has 0 aliphatic heterocycles. The first-order valence-corrected chi connectivity index (χ1v) is 21.7. The van der Waals surface area contributed by atoms with Crippen molar-refractivity contribution in [2.24, 2.45) is 0 Å². The molecule has 0 saturated heterocycles. The van der Waals surface area contributed by atoms with Crippen LogP contribution in [0, 0.1) is 0 Å². The summed E-state index contributed by atoms with van der Waals surface area (Å²) >= 11 is 0. The van der Waals surface area contributed by atoms with Crippen LogP contribution in [-0.2, 0) is 10.8 Å². The van der Waals surface area contributed by atoms with E-state index in [9.17, 15) is 0 Å². The van der Waals surface area contributed by atoms with E-state index >= 15 is 0 Å². The van der Waals surface area contributed by atoms with E-state index in [1.165, 1.54) is 55.9 Å². The molecule has 0 saturated carbocycles. The van der Waals surface area contributed by atoms with Gasteiger partial charge in [0, 0.05) is 49.7 Å². The van der Waals surface area contributed by atoms with E-state index in [0.29, 0.717) is 0 Å². The summed E-state index contributed by atoms with van der Waals surface area (Å²) in [5.41, 5.74) is 21.3. The number of nitrogens with zero attached hydrogens (tertiary/aromatic N) is 3. The molecule has 0 radical (unpaired) electrons. The summed E-state index contributed by atoms with van der Waals surface area (Å²) in [4.78, 5) is 2.56. The molecule has 296 valence electrons. The molecule has 10 aromatic rings. The highest BCUT2D eigenvalue weighted by Gasteiger charge is 2.41. The Hall–Kier alpha value is -7.49. The van der Waals surface area contributed by atoms with Gasteiger partial charge in [-0.25, -0.2) is 4.52 Å². The zero-order valence-electron chi connectivity index (χ0n) is 35.4. The van der Waals surface area contributed by atoms with Crippen LogP contribution >= 0.6 is 0 Å². The third kappa shape index (κ3) is 5.21. The van der Waals surface area contributed by atoms with Crippen molar-refractivity contribution in [2.45, 2.75) is 38.5 Å². The maximum absolute atomic E-state index is 5.56. The smallest absolute Gasteiger partial charge is 0.101 e. The van der Waals surface area contributed by atoms with E-state index in [1.54, 1.807) is 0 Å². The lowest BCUT2D eigenvalue weighted by Crippen LogP contribution is -2.17. The summed E-state index contributed by atoms with van der Waals surface area (Å²) in [7, 11) is 0. The predicted octanol–water partition coefficient (Wildman–Crippen LogP) is 15.6. The van der Waals surface area contributed by atoms with Gasteiger partial charge in [-0.05, 0) is 74.7 Å². The van der Waals surface area contributed by atoms with Gasteiger partial charge in [0.05, 0.1) is 22.6 Å². The van der Waals surface area contributed by atoms with Gasteiger partial charge in [-0.2, -0.15) is 5.10 Å². The summed E-state index contributed by atoms with van der Waals surface area (Å²) < 4.78 is 2.20. The van der Waals surface area contributed by atoms with Crippen molar-refractivity contribution in [1.29, 1.82) is 0 Å². The van der Waals surface area contributed by atoms with Crippen molar-refractivity contribution in [3.8, 4) is 55.9 Å². The summed E-state index contributed by atoms with van der Waals surface area (Å²) in [6.45, 7) is 9.49. The van der Waals surface area contributed by atoms with Gasteiger partial charge in [0.15, 0.2) is 0 Å². The largest absolute Gasteiger partial charge is 0.309 e. The number of fused-ring (bicyclic) bond motifs is 9. The van der Waals surface area contributed by atoms with Gasteiger partial charge < -0.3 is 4.90 Å². The number of aromatic nitrogens is 2. The van der Waals surface area contributed by atoms with Crippen molar-refractivity contribution in [3.05, 3.63) is 222 Å². The summed E-state index contributed by atoms with van der Waals surface area (Å²) in [5.74, 6) is 0. The van der Waals surface area contributed by atoms with Crippen molar-refractivity contribution in [1.82, 2.24) is 9.61 Å².